The molecule has 2 aromatic carbocycles. The van der Waals surface area contributed by atoms with E-state index in [0.717, 1.165) is 40.2 Å². The largest absolute Gasteiger partial charge is 0.493 e. The van der Waals surface area contributed by atoms with E-state index in [4.69, 9.17) is 9.47 Å². The van der Waals surface area contributed by atoms with E-state index in [2.05, 4.69) is 58.6 Å². The van der Waals surface area contributed by atoms with Crippen LogP contribution in [-0.2, 0) is 13.0 Å². The van der Waals surface area contributed by atoms with Crippen molar-refractivity contribution in [3.63, 3.8) is 0 Å². The summed E-state index contributed by atoms with van der Waals surface area (Å²) in [6.07, 6.45) is 8.88. The summed E-state index contributed by atoms with van der Waals surface area (Å²) in [5.74, 6) is 1.55. The highest BCUT2D eigenvalue weighted by molar-refractivity contribution is 7.18. The van der Waals surface area contributed by atoms with Gasteiger partial charge < -0.3 is 14.8 Å². The van der Waals surface area contributed by atoms with Gasteiger partial charge in [-0.3, -0.25) is 0 Å². The highest BCUT2D eigenvalue weighted by atomic mass is 32.1. The standard InChI is InChI=1S/C26H25N3O2S/c1-17-20(22-14-27-16-29-26(22)32-17)8-9-23-21-13-24(30-2)25(12-19(21)10-11-28-23)31-15-18-6-4-3-5-7-18/h3-9,12-14,16,23,28H,10-11,15H2,1-2H3/b9-8+. The highest BCUT2D eigenvalue weighted by Gasteiger charge is 2.21. The Morgan fingerprint density at radius 1 is 1.19 bits per heavy atom. The van der Waals surface area contributed by atoms with Gasteiger partial charge in [0.2, 0.25) is 0 Å². The number of nitrogens with one attached hydrogen (secondary N) is 1. The van der Waals surface area contributed by atoms with Crippen molar-refractivity contribution < 1.29 is 9.47 Å². The first-order valence-electron chi connectivity index (χ1n) is 10.7. The van der Waals surface area contributed by atoms with Gasteiger partial charge in [0, 0.05) is 23.0 Å². The number of nitrogens with zero attached hydrogens (tertiary/aromatic N) is 2. The van der Waals surface area contributed by atoms with Crippen LogP contribution in [-0.4, -0.2) is 23.6 Å². The second-order valence-electron chi connectivity index (χ2n) is 7.83. The number of thiophene rings is 1. The molecule has 0 bridgehead atoms. The second kappa shape index (κ2) is 9.10. The van der Waals surface area contributed by atoms with Crippen molar-refractivity contribution in [1.82, 2.24) is 15.3 Å². The monoisotopic (exact) mass is 443 g/mol. The lowest BCUT2D eigenvalue weighted by molar-refractivity contribution is 0.283. The smallest absolute Gasteiger partial charge is 0.161 e. The zero-order valence-electron chi connectivity index (χ0n) is 18.2. The van der Waals surface area contributed by atoms with Crippen molar-refractivity contribution >= 4 is 27.6 Å². The fraction of sp³-hybridized carbons (Fsp3) is 0.231. The molecule has 0 radical (unpaired) electrons. The van der Waals surface area contributed by atoms with Crippen molar-refractivity contribution in [2.45, 2.75) is 26.0 Å². The van der Waals surface area contributed by atoms with Crippen LogP contribution in [0.1, 0.15) is 33.2 Å². The molecule has 0 spiro atoms. The van der Waals surface area contributed by atoms with Crippen LogP contribution < -0.4 is 14.8 Å². The number of benzene rings is 2. The number of aromatic nitrogens is 2. The zero-order valence-corrected chi connectivity index (χ0v) is 19.0. The molecule has 32 heavy (non-hydrogen) atoms. The van der Waals surface area contributed by atoms with Crippen LogP contribution >= 0.6 is 11.3 Å². The van der Waals surface area contributed by atoms with Crippen LogP contribution in [0.4, 0.5) is 0 Å². The minimum absolute atomic E-state index is 0.106. The predicted molar refractivity (Wildman–Crippen MR) is 129 cm³/mol. The second-order valence-corrected chi connectivity index (χ2v) is 9.03. The number of hydrogen-bond acceptors (Lipinski definition) is 6. The third-order valence-corrected chi connectivity index (χ3v) is 6.85. The van der Waals surface area contributed by atoms with Gasteiger partial charge in [0.05, 0.1) is 13.2 Å². The van der Waals surface area contributed by atoms with E-state index >= 15 is 0 Å². The van der Waals surface area contributed by atoms with Crippen LogP contribution in [0.5, 0.6) is 11.5 Å². The summed E-state index contributed by atoms with van der Waals surface area (Å²) in [4.78, 5) is 10.9. The SMILES string of the molecule is COc1cc2c(cc1OCc1ccccc1)CCNC2/C=C/c1c(C)sc2ncncc12. The first-order chi connectivity index (χ1) is 15.7. The Bertz CT molecular complexity index is 1270. The molecule has 1 aliphatic heterocycles. The molecule has 1 N–H and O–H groups in total. The Morgan fingerprint density at radius 2 is 2.06 bits per heavy atom. The van der Waals surface area contributed by atoms with Gasteiger partial charge in [-0.2, -0.15) is 0 Å². The van der Waals surface area contributed by atoms with E-state index in [9.17, 15) is 0 Å². The summed E-state index contributed by atoms with van der Waals surface area (Å²) < 4.78 is 11.8. The lowest BCUT2D eigenvalue weighted by Crippen LogP contribution is -2.28. The van der Waals surface area contributed by atoms with E-state index in [1.54, 1.807) is 24.8 Å². The molecular formula is C26H25N3O2S. The molecule has 1 unspecified atom stereocenters. The van der Waals surface area contributed by atoms with Crippen molar-refractivity contribution in [2.24, 2.45) is 0 Å². The summed E-state index contributed by atoms with van der Waals surface area (Å²) >= 11 is 1.70. The summed E-state index contributed by atoms with van der Waals surface area (Å²) in [7, 11) is 1.69. The molecule has 0 fully saturated rings. The highest BCUT2D eigenvalue weighted by Crippen LogP contribution is 2.37. The van der Waals surface area contributed by atoms with E-state index < -0.39 is 0 Å². The third kappa shape index (κ3) is 4.11. The Balaban J connectivity index is 1.42. The maximum atomic E-state index is 6.12. The first-order valence-corrected chi connectivity index (χ1v) is 11.5. The summed E-state index contributed by atoms with van der Waals surface area (Å²) in [6, 6.07) is 14.5. The molecule has 1 atom stereocenters. The molecule has 2 aromatic heterocycles. The maximum Gasteiger partial charge on any atom is 0.161 e. The molecule has 0 aliphatic carbocycles. The lowest BCUT2D eigenvalue weighted by Gasteiger charge is -2.26. The number of rotatable bonds is 6. The van der Waals surface area contributed by atoms with Gasteiger partial charge in [-0.05, 0) is 47.7 Å². The number of fused-ring (bicyclic) bond motifs is 2. The molecule has 6 heteroatoms. The third-order valence-electron chi connectivity index (χ3n) is 5.81. The van der Waals surface area contributed by atoms with E-state index in [0.29, 0.717) is 6.61 Å². The number of methoxy groups -OCH3 is 1. The van der Waals surface area contributed by atoms with Crippen molar-refractivity contribution in [3.05, 3.63) is 88.2 Å². The van der Waals surface area contributed by atoms with Crippen LogP contribution in [0.3, 0.4) is 0 Å². The molecule has 0 saturated carbocycles. The molecule has 0 saturated heterocycles. The number of ether oxygens (including phenoxy) is 2. The van der Waals surface area contributed by atoms with Gasteiger partial charge in [-0.25, -0.2) is 9.97 Å². The molecule has 5 rings (SSSR count). The average Bonchev–Trinajstić information content (AvgIpc) is 3.16. The normalized spacial score (nSPS) is 15.8. The minimum Gasteiger partial charge on any atom is -0.493 e. The van der Waals surface area contributed by atoms with E-state index in [1.165, 1.54) is 21.6 Å². The molecule has 3 heterocycles. The first kappa shape index (κ1) is 20.7. The number of hydrogen-bond donors (Lipinski definition) is 1. The van der Waals surface area contributed by atoms with Gasteiger partial charge in [-0.15, -0.1) is 11.3 Å². The van der Waals surface area contributed by atoms with Crippen LogP contribution in [0.25, 0.3) is 16.3 Å². The number of aryl methyl sites for hydroxylation is 1. The molecule has 4 aromatic rings. The fourth-order valence-corrected chi connectivity index (χ4v) is 5.10. The Kier molecular flexibility index (Phi) is 5.88. The van der Waals surface area contributed by atoms with E-state index in [1.807, 2.05) is 24.4 Å². The van der Waals surface area contributed by atoms with E-state index in [-0.39, 0.29) is 6.04 Å². The minimum atomic E-state index is 0.106. The van der Waals surface area contributed by atoms with Crippen LogP contribution in [0.15, 0.2) is 61.1 Å². The maximum absolute atomic E-state index is 6.12. The molecule has 162 valence electrons. The zero-order chi connectivity index (χ0) is 21.9. The average molecular weight is 444 g/mol. The van der Waals surface area contributed by atoms with Gasteiger partial charge in [0.25, 0.3) is 0 Å². The van der Waals surface area contributed by atoms with Crippen LogP contribution in [0.2, 0.25) is 0 Å². The van der Waals surface area contributed by atoms with Gasteiger partial charge >= 0.3 is 0 Å². The Labute approximate surface area is 191 Å². The molecule has 0 amide bonds. The topological polar surface area (TPSA) is 56.3 Å². The van der Waals surface area contributed by atoms with Crippen LogP contribution in [0, 0.1) is 6.92 Å². The van der Waals surface area contributed by atoms with Gasteiger partial charge in [0.15, 0.2) is 11.5 Å². The molecule has 1 aliphatic rings. The van der Waals surface area contributed by atoms with Gasteiger partial charge in [-0.1, -0.05) is 42.5 Å². The Morgan fingerprint density at radius 3 is 2.91 bits per heavy atom. The molecule has 5 nitrogen and oxygen atoms in total. The Hall–Kier alpha value is -3.22. The van der Waals surface area contributed by atoms with Crippen molar-refractivity contribution in [3.8, 4) is 11.5 Å². The quantitative estimate of drug-likeness (QED) is 0.427. The summed E-state index contributed by atoms with van der Waals surface area (Å²) in [5.41, 5.74) is 4.84. The molecular weight excluding hydrogens is 418 g/mol. The van der Waals surface area contributed by atoms with Gasteiger partial charge in [0.1, 0.15) is 17.8 Å². The fourth-order valence-electron chi connectivity index (χ4n) is 4.15. The van der Waals surface area contributed by atoms with Crippen molar-refractivity contribution in [2.75, 3.05) is 13.7 Å². The predicted octanol–water partition coefficient (Wildman–Crippen LogP) is 5.49. The lowest BCUT2D eigenvalue weighted by atomic mass is 9.93. The summed E-state index contributed by atoms with van der Waals surface area (Å²) in [5, 5.41) is 4.72. The summed E-state index contributed by atoms with van der Waals surface area (Å²) in [6.45, 7) is 3.57. The van der Waals surface area contributed by atoms with Crippen molar-refractivity contribution in [1.29, 1.82) is 0 Å².